The van der Waals surface area contributed by atoms with E-state index in [1.807, 2.05) is 32.2 Å². The van der Waals surface area contributed by atoms with Crippen LogP contribution in [0, 0.1) is 5.41 Å². The third-order valence-corrected chi connectivity index (χ3v) is 1.78. The first-order valence-corrected chi connectivity index (χ1v) is 4.12. The van der Waals surface area contributed by atoms with Gasteiger partial charge in [-0.3, -0.25) is 0 Å². The molecule has 0 saturated carbocycles. The molecule has 0 amide bonds. The summed E-state index contributed by atoms with van der Waals surface area (Å²) in [4.78, 5) is 3.04. The minimum Gasteiger partial charge on any atom is -0.396 e. The van der Waals surface area contributed by atoms with Gasteiger partial charge in [-0.05, 0) is 12.1 Å². The summed E-state index contributed by atoms with van der Waals surface area (Å²) in [7, 11) is 0. The third-order valence-electron chi connectivity index (χ3n) is 1.78. The number of H-pyrrole nitrogens is 1. The molecule has 0 unspecified atom stereocenters. The van der Waals surface area contributed by atoms with Gasteiger partial charge in [-0.1, -0.05) is 13.8 Å². The van der Waals surface area contributed by atoms with Crippen LogP contribution in [0.1, 0.15) is 13.8 Å². The molecule has 3 nitrogen and oxygen atoms in total. The van der Waals surface area contributed by atoms with Crippen LogP contribution in [0.15, 0.2) is 18.3 Å². The second kappa shape index (κ2) is 3.63. The Balaban J connectivity index is 2.36. The summed E-state index contributed by atoms with van der Waals surface area (Å²) in [5.74, 6) is 0.997. The molecule has 1 aromatic heterocycles. The highest BCUT2D eigenvalue weighted by atomic mass is 16.3. The molecular formula is C9H16N2O. The predicted molar refractivity (Wildman–Crippen MR) is 50.1 cm³/mol. The summed E-state index contributed by atoms with van der Waals surface area (Å²) in [5.41, 5.74) is -0.0644. The number of rotatable bonds is 4. The molecule has 1 rings (SSSR count). The van der Waals surface area contributed by atoms with Gasteiger partial charge in [-0.2, -0.15) is 0 Å². The summed E-state index contributed by atoms with van der Waals surface area (Å²) in [5, 5.41) is 12.2. The Morgan fingerprint density at radius 3 is 2.83 bits per heavy atom. The van der Waals surface area contributed by atoms with E-state index in [1.54, 1.807) is 0 Å². The SMILES string of the molecule is CC(C)(CO)CNc1ccc[nH]1. The van der Waals surface area contributed by atoms with Crippen molar-refractivity contribution in [2.24, 2.45) is 5.41 Å². The van der Waals surface area contributed by atoms with Crippen molar-refractivity contribution in [3.63, 3.8) is 0 Å². The molecule has 0 spiro atoms. The number of aromatic nitrogens is 1. The van der Waals surface area contributed by atoms with Crippen LogP contribution in [0.4, 0.5) is 5.82 Å². The van der Waals surface area contributed by atoms with E-state index in [-0.39, 0.29) is 12.0 Å². The Morgan fingerprint density at radius 2 is 2.33 bits per heavy atom. The topological polar surface area (TPSA) is 48.0 Å². The largest absolute Gasteiger partial charge is 0.396 e. The molecule has 0 aromatic carbocycles. The highest BCUT2D eigenvalue weighted by Gasteiger charge is 2.15. The van der Waals surface area contributed by atoms with E-state index < -0.39 is 0 Å². The number of aliphatic hydroxyl groups excluding tert-OH is 1. The number of anilines is 1. The van der Waals surface area contributed by atoms with E-state index >= 15 is 0 Å². The predicted octanol–water partition coefficient (Wildman–Crippen LogP) is 1.45. The fourth-order valence-electron chi connectivity index (χ4n) is 0.831. The van der Waals surface area contributed by atoms with Crippen LogP contribution in [0.3, 0.4) is 0 Å². The summed E-state index contributed by atoms with van der Waals surface area (Å²) < 4.78 is 0. The minimum atomic E-state index is -0.0644. The Bertz CT molecular complexity index is 216. The Labute approximate surface area is 72.8 Å². The highest BCUT2D eigenvalue weighted by Crippen LogP contribution is 2.14. The molecule has 0 fully saturated rings. The van der Waals surface area contributed by atoms with Crippen LogP contribution in [0.5, 0.6) is 0 Å². The minimum absolute atomic E-state index is 0.0644. The summed E-state index contributed by atoms with van der Waals surface area (Å²) in [6.45, 7) is 5.00. The van der Waals surface area contributed by atoms with E-state index in [2.05, 4.69) is 10.3 Å². The molecule has 0 aliphatic carbocycles. The lowest BCUT2D eigenvalue weighted by Gasteiger charge is -2.21. The van der Waals surface area contributed by atoms with Gasteiger partial charge in [-0.15, -0.1) is 0 Å². The summed E-state index contributed by atoms with van der Waals surface area (Å²) in [6.07, 6.45) is 1.87. The molecule has 1 heterocycles. The van der Waals surface area contributed by atoms with Crippen molar-refractivity contribution in [2.75, 3.05) is 18.5 Å². The van der Waals surface area contributed by atoms with E-state index in [0.29, 0.717) is 0 Å². The molecule has 0 saturated heterocycles. The molecule has 0 aliphatic heterocycles. The Morgan fingerprint density at radius 1 is 1.58 bits per heavy atom. The van der Waals surface area contributed by atoms with E-state index in [1.165, 1.54) is 0 Å². The maximum Gasteiger partial charge on any atom is 0.103 e. The molecule has 0 aliphatic rings. The molecule has 0 atom stereocenters. The van der Waals surface area contributed by atoms with Gasteiger partial charge in [0.15, 0.2) is 0 Å². The lowest BCUT2D eigenvalue weighted by Crippen LogP contribution is -2.26. The van der Waals surface area contributed by atoms with Crippen molar-refractivity contribution in [2.45, 2.75) is 13.8 Å². The zero-order valence-electron chi connectivity index (χ0n) is 7.59. The molecule has 12 heavy (non-hydrogen) atoms. The monoisotopic (exact) mass is 168 g/mol. The maximum atomic E-state index is 8.97. The number of hydrogen-bond acceptors (Lipinski definition) is 2. The third kappa shape index (κ3) is 2.58. The quantitative estimate of drug-likeness (QED) is 0.637. The highest BCUT2D eigenvalue weighted by molar-refractivity contribution is 5.34. The van der Waals surface area contributed by atoms with Gasteiger partial charge in [0, 0.05) is 24.8 Å². The lowest BCUT2D eigenvalue weighted by atomic mass is 9.95. The molecular weight excluding hydrogens is 152 g/mol. The second-order valence-electron chi connectivity index (χ2n) is 3.76. The first-order valence-electron chi connectivity index (χ1n) is 4.12. The van der Waals surface area contributed by atoms with Gasteiger partial charge in [0.1, 0.15) is 5.82 Å². The fourth-order valence-corrected chi connectivity index (χ4v) is 0.831. The smallest absolute Gasteiger partial charge is 0.103 e. The number of aliphatic hydroxyl groups is 1. The molecule has 68 valence electrons. The van der Waals surface area contributed by atoms with Crippen LogP contribution >= 0.6 is 0 Å². The molecule has 3 heteroatoms. The van der Waals surface area contributed by atoms with Gasteiger partial charge in [0.2, 0.25) is 0 Å². The van der Waals surface area contributed by atoms with Crippen molar-refractivity contribution in [3.05, 3.63) is 18.3 Å². The van der Waals surface area contributed by atoms with Crippen molar-refractivity contribution in [1.82, 2.24) is 4.98 Å². The van der Waals surface area contributed by atoms with Crippen molar-refractivity contribution in [1.29, 1.82) is 0 Å². The Hall–Kier alpha value is -0.960. The van der Waals surface area contributed by atoms with Gasteiger partial charge in [-0.25, -0.2) is 0 Å². The number of nitrogens with one attached hydrogen (secondary N) is 2. The Kier molecular flexibility index (Phi) is 2.76. The zero-order chi connectivity index (χ0) is 9.03. The first kappa shape index (κ1) is 9.13. The van der Waals surface area contributed by atoms with E-state index in [9.17, 15) is 0 Å². The van der Waals surface area contributed by atoms with Gasteiger partial charge in [0.25, 0.3) is 0 Å². The van der Waals surface area contributed by atoms with Crippen molar-refractivity contribution < 1.29 is 5.11 Å². The average Bonchev–Trinajstić information content (AvgIpc) is 2.53. The summed E-state index contributed by atoms with van der Waals surface area (Å²) in [6, 6.07) is 3.90. The summed E-state index contributed by atoms with van der Waals surface area (Å²) >= 11 is 0. The van der Waals surface area contributed by atoms with Gasteiger partial charge in [0.05, 0.1) is 0 Å². The fraction of sp³-hybridized carbons (Fsp3) is 0.556. The van der Waals surface area contributed by atoms with E-state index in [4.69, 9.17) is 5.11 Å². The van der Waals surface area contributed by atoms with Crippen LogP contribution in [0.2, 0.25) is 0 Å². The average molecular weight is 168 g/mol. The van der Waals surface area contributed by atoms with Crippen LogP contribution in [-0.4, -0.2) is 23.2 Å². The number of aromatic amines is 1. The second-order valence-corrected chi connectivity index (χ2v) is 3.76. The van der Waals surface area contributed by atoms with Gasteiger partial charge >= 0.3 is 0 Å². The molecule has 0 radical (unpaired) electrons. The van der Waals surface area contributed by atoms with Crippen molar-refractivity contribution >= 4 is 5.82 Å². The zero-order valence-corrected chi connectivity index (χ0v) is 7.59. The maximum absolute atomic E-state index is 8.97. The van der Waals surface area contributed by atoms with E-state index in [0.717, 1.165) is 12.4 Å². The standard InChI is InChI=1S/C9H16N2O/c1-9(2,7-12)6-11-8-4-3-5-10-8/h3-5,10-12H,6-7H2,1-2H3. The van der Waals surface area contributed by atoms with Crippen LogP contribution in [0.25, 0.3) is 0 Å². The van der Waals surface area contributed by atoms with Gasteiger partial charge < -0.3 is 15.4 Å². The normalized spacial score (nSPS) is 11.6. The van der Waals surface area contributed by atoms with Crippen LogP contribution in [-0.2, 0) is 0 Å². The first-order chi connectivity index (χ1) is 5.64. The molecule has 3 N–H and O–H groups in total. The van der Waals surface area contributed by atoms with Crippen molar-refractivity contribution in [3.8, 4) is 0 Å². The lowest BCUT2D eigenvalue weighted by molar-refractivity contribution is 0.171. The van der Waals surface area contributed by atoms with Crippen LogP contribution < -0.4 is 5.32 Å². The number of hydrogen-bond donors (Lipinski definition) is 3. The molecule has 0 bridgehead atoms. The molecule has 1 aromatic rings.